The molecule has 0 heterocycles. The second kappa shape index (κ2) is 11.2. The molecule has 3 rings (SSSR count). The summed E-state index contributed by atoms with van der Waals surface area (Å²) in [5.41, 5.74) is 2.36. The van der Waals surface area contributed by atoms with E-state index in [1.54, 1.807) is 12.1 Å². The van der Waals surface area contributed by atoms with Crippen LogP contribution in [0, 0.1) is 11.7 Å². The van der Waals surface area contributed by atoms with E-state index in [1.807, 2.05) is 19.1 Å². The van der Waals surface area contributed by atoms with Gasteiger partial charge in [-0.25, -0.2) is 4.39 Å². The van der Waals surface area contributed by atoms with E-state index in [-0.39, 0.29) is 24.4 Å². The van der Waals surface area contributed by atoms with E-state index in [2.05, 4.69) is 6.92 Å². The molecule has 0 radical (unpaired) electrons. The molecule has 0 aliphatic heterocycles. The Hall–Kier alpha value is -1.81. The van der Waals surface area contributed by atoms with Crippen molar-refractivity contribution >= 4 is 0 Å². The average molecular weight is 433 g/mol. The van der Waals surface area contributed by atoms with Crippen LogP contribution in [-0.2, 0) is 23.7 Å². The predicted octanol–water partition coefficient (Wildman–Crippen LogP) is 8.16. The van der Waals surface area contributed by atoms with Gasteiger partial charge in [0.1, 0.15) is 5.82 Å². The molecule has 31 heavy (non-hydrogen) atoms. The Morgan fingerprint density at radius 1 is 0.903 bits per heavy atom. The molecule has 1 saturated carbocycles. The minimum atomic E-state index is -3.35. The summed E-state index contributed by atoms with van der Waals surface area (Å²) in [4.78, 5) is 0. The van der Waals surface area contributed by atoms with Crippen LogP contribution in [0.2, 0.25) is 0 Å². The fraction of sp³-hybridized carbons (Fsp3) is 0.556. The van der Waals surface area contributed by atoms with E-state index in [9.17, 15) is 13.2 Å². The van der Waals surface area contributed by atoms with Gasteiger partial charge in [0.15, 0.2) is 0 Å². The average Bonchev–Trinajstić information content (AvgIpc) is 2.76. The number of rotatable bonds is 10. The maximum atomic E-state index is 14.5. The largest absolute Gasteiger partial charge is 0.383 e. The van der Waals surface area contributed by atoms with Gasteiger partial charge in [-0.15, -0.1) is 0 Å². The quantitative estimate of drug-likeness (QED) is 0.368. The van der Waals surface area contributed by atoms with Crippen molar-refractivity contribution in [2.24, 2.45) is 5.92 Å². The number of halogens is 3. The summed E-state index contributed by atoms with van der Waals surface area (Å²) < 4.78 is 48.0. The monoisotopic (exact) mass is 432 g/mol. The van der Waals surface area contributed by atoms with Gasteiger partial charge in [0.05, 0.1) is 12.2 Å². The molecule has 0 saturated heterocycles. The van der Waals surface area contributed by atoms with Gasteiger partial charge in [0.25, 0.3) is 0 Å². The molecule has 0 unspecified atom stereocenters. The minimum Gasteiger partial charge on any atom is -0.316 e. The highest BCUT2D eigenvalue weighted by molar-refractivity contribution is 5.28. The molecule has 0 bridgehead atoms. The summed E-state index contributed by atoms with van der Waals surface area (Å²) in [5, 5.41) is 0. The third kappa shape index (κ3) is 6.58. The summed E-state index contributed by atoms with van der Waals surface area (Å²) in [7, 11) is 0. The number of benzene rings is 2. The van der Waals surface area contributed by atoms with Gasteiger partial charge < -0.3 is 4.74 Å². The Morgan fingerprint density at radius 3 is 2.23 bits per heavy atom. The Kier molecular flexibility index (Phi) is 8.59. The molecule has 170 valence electrons. The Morgan fingerprint density at radius 2 is 1.61 bits per heavy atom. The molecule has 2 aromatic carbocycles. The fourth-order valence-corrected chi connectivity index (χ4v) is 4.74. The Labute approximate surface area is 185 Å². The van der Waals surface area contributed by atoms with Crippen LogP contribution < -0.4 is 0 Å². The van der Waals surface area contributed by atoms with Gasteiger partial charge in [-0.05, 0) is 73.1 Å². The van der Waals surface area contributed by atoms with Crippen molar-refractivity contribution < 1.29 is 17.9 Å². The molecule has 0 amide bonds. The maximum Gasteiger partial charge on any atom is 0.383 e. The third-order valence-corrected chi connectivity index (χ3v) is 6.57. The summed E-state index contributed by atoms with van der Waals surface area (Å²) >= 11 is 0. The van der Waals surface area contributed by atoms with Crippen LogP contribution in [0.4, 0.5) is 13.2 Å². The summed E-state index contributed by atoms with van der Waals surface area (Å²) in [5.74, 6) is 1.03. The summed E-state index contributed by atoms with van der Waals surface area (Å²) in [6, 6.07) is 11.6. The van der Waals surface area contributed by atoms with Crippen LogP contribution in [0.5, 0.6) is 0 Å². The van der Waals surface area contributed by atoms with Crippen LogP contribution >= 0.6 is 0 Å². The van der Waals surface area contributed by atoms with E-state index in [0.717, 1.165) is 30.7 Å². The third-order valence-electron chi connectivity index (χ3n) is 6.57. The van der Waals surface area contributed by atoms with Crippen LogP contribution in [0.15, 0.2) is 42.5 Å². The van der Waals surface area contributed by atoms with Gasteiger partial charge in [0.2, 0.25) is 0 Å². The van der Waals surface area contributed by atoms with Gasteiger partial charge in [-0.1, -0.05) is 69.5 Å². The lowest BCUT2D eigenvalue weighted by atomic mass is 9.77. The SMILES string of the molecule is CCCc1ccc(CCOC(F)(F)c2ccc(C3CCC(CCC)CC3)cc2)cc1F. The molecule has 4 heteroatoms. The molecule has 1 fully saturated rings. The fourth-order valence-electron chi connectivity index (χ4n) is 4.74. The standard InChI is InChI=1S/C27H35F3O/c1-3-5-20-7-10-22(11-8-20)23-13-15-25(16-14-23)27(29,30)31-18-17-21-9-12-24(6-4-2)26(28)19-21/h9,12-16,19-20,22H,3-8,10-11,17-18H2,1-2H3. The van der Waals surface area contributed by atoms with Crippen molar-refractivity contribution in [2.75, 3.05) is 6.61 Å². The first-order valence-corrected chi connectivity index (χ1v) is 11.8. The van der Waals surface area contributed by atoms with E-state index in [1.165, 1.54) is 43.9 Å². The Bertz CT molecular complexity index is 808. The van der Waals surface area contributed by atoms with Crippen LogP contribution in [0.1, 0.15) is 87.0 Å². The van der Waals surface area contributed by atoms with Gasteiger partial charge in [-0.2, -0.15) is 8.78 Å². The van der Waals surface area contributed by atoms with Crippen molar-refractivity contribution in [1.82, 2.24) is 0 Å². The lowest BCUT2D eigenvalue weighted by Gasteiger charge is -2.29. The van der Waals surface area contributed by atoms with E-state index >= 15 is 0 Å². The zero-order valence-electron chi connectivity index (χ0n) is 18.8. The van der Waals surface area contributed by atoms with Crippen molar-refractivity contribution in [1.29, 1.82) is 0 Å². The summed E-state index contributed by atoms with van der Waals surface area (Å²) in [6.45, 7) is 4.06. The topological polar surface area (TPSA) is 9.23 Å². The lowest BCUT2D eigenvalue weighted by molar-refractivity contribution is -0.248. The van der Waals surface area contributed by atoms with E-state index in [0.29, 0.717) is 23.5 Å². The minimum absolute atomic E-state index is 0.125. The second-order valence-electron chi connectivity index (χ2n) is 8.92. The molecule has 0 atom stereocenters. The maximum absolute atomic E-state index is 14.5. The molecular formula is C27H35F3O. The molecule has 1 aliphatic carbocycles. The number of aryl methyl sites for hydroxylation is 1. The van der Waals surface area contributed by atoms with Crippen molar-refractivity contribution in [3.8, 4) is 0 Å². The molecule has 0 aromatic heterocycles. The smallest absolute Gasteiger partial charge is 0.316 e. The molecule has 0 spiro atoms. The number of alkyl halides is 2. The van der Waals surface area contributed by atoms with Gasteiger partial charge in [-0.3, -0.25) is 0 Å². The highest BCUT2D eigenvalue weighted by atomic mass is 19.3. The number of hydrogen-bond acceptors (Lipinski definition) is 1. The molecule has 2 aromatic rings. The first-order chi connectivity index (χ1) is 14.9. The van der Waals surface area contributed by atoms with Crippen molar-refractivity contribution in [3.63, 3.8) is 0 Å². The highest BCUT2D eigenvalue weighted by Gasteiger charge is 2.33. The predicted molar refractivity (Wildman–Crippen MR) is 120 cm³/mol. The normalized spacial score (nSPS) is 19.5. The Balaban J connectivity index is 1.52. The first-order valence-electron chi connectivity index (χ1n) is 11.8. The van der Waals surface area contributed by atoms with E-state index < -0.39 is 6.11 Å². The zero-order valence-corrected chi connectivity index (χ0v) is 18.8. The van der Waals surface area contributed by atoms with Crippen LogP contribution in [0.3, 0.4) is 0 Å². The second-order valence-corrected chi connectivity index (χ2v) is 8.92. The molecule has 1 aliphatic rings. The lowest BCUT2D eigenvalue weighted by Crippen LogP contribution is -2.20. The number of hydrogen-bond donors (Lipinski definition) is 0. The van der Waals surface area contributed by atoms with Gasteiger partial charge in [0, 0.05) is 0 Å². The molecular weight excluding hydrogens is 397 g/mol. The number of ether oxygens (including phenoxy) is 1. The van der Waals surface area contributed by atoms with Gasteiger partial charge >= 0.3 is 6.11 Å². The van der Waals surface area contributed by atoms with Crippen LogP contribution in [0.25, 0.3) is 0 Å². The molecule has 1 nitrogen and oxygen atoms in total. The van der Waals surface area contributed by atoms with Crippen molar-refractivity contribution in [3.05, 3.63) is 70.5 Å². The van der Waals surface area contributed by atoms with E-state index in [4.69, 9.17) is 4.74 Å². The zero-order chi connectivity index (χ0) is 22.3. The highest BCUT2D eigenvalue weighted by Crippen LogP contribution is 2.38. The molecule has 0 N–H and O–H groups in total. The van der Waals surface area contributed by atoms with Crippen LogP contribution in [-0.4, -0.2) is 6.61 Å². The van der Waals surface area contributed by atoms with Crippen molar-refractivity contribution in [2.45, 2.75) is 83.7 Å². The first kappa shape index (κ1) is 23.8. The summed E-state index contributed by atoms with van der Waals surface area (Å²) in [6.07, 6.45) is 5.73.